The van der Waals surface area contributed by atoms with Gasteiger partial charge >= 0.3 is 5.92 Å². The van der Waals surface area contributed by atoms with Crippen LogP contribution in [0.5, 0.6) is 11.5 Å². The van der Waals surface area contributed by atoms with Crippen molar-refractivity contribution in [3.8, 4) is 22.9 Å². The molecule has 2 N–H and O–H groups in total. The number of pyridine rings is 3. The summed E-state index contributed by atoms with van der Waals surface area (Å²) in [5.41, 5.74) is 4.18. The van der Waals surface area contributed by atoms with Crippen molar-refractivity contribution in [1.82, 2.24) is 35.6 Å². The lowest BCUT2D eigenvalue weighted by atomic mass is 10.1. The van der Waals surface area contributed by atoms with Crippen molar-refractivity contribution in [1.29, 1.82) is 0 Å². The zero-order chi connectivity index (χ0) is 25.8. The van der Waals surface area contributed by atoms with Crippen LogP contribution in [0.2, 0.25) is 0 Å². The number of nitrogens with one attached hydrogen (secondary N) is 2. The molecule has 0 unspecified atom stereocenters. The fourth-order valence-corrected chi connectivity index (χ4v) is 3.67. The minimum Gasteiger partial charge on any atom is -0.455 e. The van der Waals surface area contributed by atoms with E-state index in [4.69, 9.17) is 9.72 Å². The summed E-state index contributed by atoms with van der Waals surface area (Å²) >= 11 is 0. The summed E-state index contributed by atoms with van der Waals surface area (Å²) in [6.45, 7) is 3.90. The Labute approximate surface area is 211 Å². The number of anilines is 2. The van der Waals surface area contributed by atoms with Crippen LogP contribution in [-0.4, -0.2) is 35.6 Å². The minimum absolute atomic E-state index is 0.397. The molecule has 0 spiro atoms. The van der Waals surface area contributed by atoms with Crippen molar-refractivity contribution < 1.29 is 13.5 Å². The molecule has 0 bridgehead atoms. The summed E-state index contributed by atoms with van der Waals surface area (Å²) < 4.78 is 35.1. The van der Waals surface area contributed by atoms with Gasteiger partial charge in [-0.1, -0.05) is 18.2 Å². The molecule has 4 heterocycles. The van der Waals surface area contributed by atoms with Gasteiger partial charge in [0.2, 0.25) is 5.82 Å². The van der Waals surface area contributed by atoms with Crippen LogP contribution in [0.15, 0.2) is 73.1 Å². The highest BCUT2D eigenvalue weighted by Gasteiger charge is 2.36. The highest BCUT2D eigenvalue weighted by Crippen LogP contribution is 2.34. The standard InChI is InChI=1S/C26H22F2N8O/c1-16-12-22(24(31-17(16)2)21-8-3-4-10-29-21)37-20-9-11-30-23(14-20)32-19-7-5-6-18(13-19)15-26(27,28)25-33-35-36-34-25/h3-14H,15H2,1-2H3,(H,30,32)(H,33,34,35,36). The Morgan fingerprint density at radius 1 is 0.973 bits per heavy atom. The van der Waals surface area contributed by atoms with Gasteiger partial charge in [0, 0.05) is 36.3 Å². The van der Waals surface area contributed by atoms with E-state index in [1.807, 2.05) is 38.1 Å². The summed E-state index contributed by atoms with van der Waals surface area (Å²) in [4.78, 5) is 13.4. The van der Waals surface area contributed by atoms with Crippen molar-refractivity contribution in [2.75, 3.05) is 5.32 Å². The Morgan fingerprint density at radius 2 is 1.86 bits per heavy atom. The molecule has 0 atom stereocenters. The second-order valence-electron chi connectivity index (χ2n) is 8.37. The molecule has 0 aliphatic carbocycles. The summed E-state index contributed by atoms with van der Waals surface area (Å²) in [6, 6.07) is 17.7. The average molecular weight is 501 g/mol. The zero-order valence-corrected chi connectivity index (χ0v) is 20.0. The first-order valence-corrected chi connectivity index (χ1v) is 11.4. The predicted octanol–water partition coefficient (Wildman–Crippen LogP) is 5.54. The zero-order valence-electron chi connectivity index (χ0n) is 20.0. The molecule has 186 valence electrons. The Kier molecular flexibility index (Phi) is 6.50. The highest BCUT2D eigenvalue weighted by atomic mass is 19.3. The van der Waals surface area contributed by atoms with Crippen LogP contribution in [0.25, 0.3) is 11.4 Å². The predicted molar refractivity (Wildman–Crippen MR) is 133 cm³/mol. The van der Waals surface area contributed by atoms with Gasteiger partial charge in [-0.2, -0.15) is 14.0 Å². The lowest BCUT2D eigenvalue weighted by Crippen LogP contribution is -2.19. The second-order valence-corrected chi connectivity index (χ2v) is 8.37. The van der Waals surface area contributed by atoms with Crippen LogP contribution in [0.3, 0.4) is 0 Å². The van der Waals surface area contributed by atoms with E-state index in [2.05, 4.69) is 35.9 Å². The number of aromatic nitrogens is 7. The SMILES string of the molecule is Cc1cc(Oc2ccnc(Nc3cccc(CC(F)(F)c4nn[nH]n4)c3)c2)c(-c2ccccn2)nc1C. The Bertz CT molecular complexity index is 1510. The number of tetrazole rings is 1. The summed E-state index contributed by atoms with van der Waals surface area (Å²) in [7, 11) is 0. The molecule has 0 saturated heterocycles. The molecule has 0 amide bonds. The fraction of sp³-hybridized carbons (Fsp3) is 0.154. The van der Waals surface area contributed by atoms with Crippen molar-refractivity contribution >= 4 is 11.5 Å². The van der Waals surface area contributed by atoms with Gasteiger partial charge in [0.1, 0.15) is 17.3 Å². The maximum Gasteiger partial charge on any atom is 0.314 e. The second kappa shape index (κ2) is 10.1. The number of hydrogen-bond donors (Lipinski definition) is 2. The molecule has 0 aliphatic heterocycles. The van der Waals surface area contributed by atoms with Gasteiger partial charge in [0.05, 0.1) is 5.69 Å². The molecule has 0 saturated carbocycles. The van der Waals surface area contributed by atoms with E-state index in [0.29, 0.717) is 40.0 Å². The molecule has 1 aromatic carbocycles. The molecule has 0 fully saturated rings. The molecular formula is C26H22F2N8O. The van der Waals surface area contributed by atoms with E-state index in [9.17, 15) is 8.78 Å². The van der Waals surface area contributed by atoms with E-state index in [1.165, 1.54) is 0 Å². The summed E-state index contributed by atoms with van der Waals surface area (Å²) in [5, 5.41) is 15.2. The molecular weight excluding hydrogens is 478 g/mol. The van der Waals surface area contributed by atoms with Crippen LogP contribution in [0.1, 0.15) is 22.6 Å². The molecule has 4 aromatic heterocycles. The average Bonchev–Trinajstić information content (AvgIpc) is 3.43. The third-order valence-electron chi connectivity index (χ3n) is 5.60. The van der Waals surface area contributed by atoms with Gasteiger partial charge in [-0.25, -0.2) is 9.97 Å². The molecule has 11 heteroatoms. The highest BCUT2D eigenvalue weighted by molar-refractivity contribution is 5.65. The van der Waals surface area contributed by atoms with Crippen LogP contribution in [0.4, 0.5) is 20.3 Å². The normalized spacial score (nSPS) is 11.4. The summed E-state index contributed by atoms with van der Waals surface area (Å²) in [6.07, 6.45) is 2.73. The number of nitrogens with zero attached hydrogens (tertiary/aromatic N) is 6. The van der Waals surface area contributed by atoms with Crippen LogP contribution < -0.4 is 10.1 Å². The van der Waals surface area contributed by atoms with Crippen molar-refractivity contribution in [3.05, 3.63) is 95.7 Å². The summed E-state index contributed by atoms with van der Waals surface area (Å²) in [5.74, 6) is -2.34. The number of alkyl halides is 2. The fourth-order valence-electron chi connectivity index (χ4n) is 3.67. The maximum absolute atomic E-state index is 14.5. The van der Waals surface area contributed by atoms with Crippen LogP contribution in [-0.2, 0) is 12.3 Å². The number of H-pyrrole nitrogens is 1. The van der Waals surface area contributed by atoms with E-state index in [1.54, 1.807) is 48.8 Å². The largest absolute Gasteiger partial charge is 0.455 e. The first kappa shape index (κ1) is 23.9. The first-order chi connectivity index (χ1) is 17.9. The Balaban J connectivity index is 1.36. The molecule has 9 nitrogen and oxygen atoms in total. The number of ether oxygens (including phenoxy) is 1. The van der Waals surface area contributed by atoms with Crippen molar-refractivity contribution in [2.24, 2.45) is 0 Å². The number of aromatic amines is 1. The molecule has 5 rings (SSSR count). The number of halogens is 2. The van der Waals surface area contributed by atoms with E-state index >= 15 is 0 Å². The maximum atomic E-state index is 14.5. The molecule has 37 heavy (non-hydrogen) atoms. The first-order valence-electron chi connectivity index (χ1n) is 11.4. The van der Waals surface area contributed by atoms with Crippen molar-refractivity contribution in [3.63, 3.8) is 0 Å². The van der Waals surface area contributed by atoms with Gasteiger partial charge in [0.25, 0.3) is 0 Å². The van der Waals surface area contributed by atoms with Gasteiger partial charge in [0.15, 0.2) is 5.75 Å². The third kappa shape index (κ3) is 5.56. The number of aryl methyl sites for hydroxylation is 2. The third-order valence-corrected chi connectivity index (χ3v) is 5.60. The lowest BCUT2D eigenvalue weighted by Gasteiger charge is -2.14. The van der Waals surface area contributed by atoms with Crippen LogP contribution in [0, 0.1) is 13.8 Å². The Morgan fingerprint density at radius 3 is 2.65 bits per heavy atom. The topological polar surface area (TPSA) is 114 Å². The molecule has 0 radical (unpaired) electrons. The van der Waals surface area contributed by atoms with E-state index in [0.717, 1.165) is 11.3 Å². The lowest BCUT2D eigenvalue weighted by molar-refractivity contribution is -0.0131. The van der Waals surface area contributed by atoms with Gasteiger partial charge in [-0.3, -0.25) is 4.98 Å². The smallest absolute Gasteiger partial charge is 0.314 e. The molecule has 0 aliphatic rings. The number of rotatable bonds is 8. The van der Waals surface area contributed by atoms with Crippen LogP contribution >= 0.6 is 0 Å². The molecule has 5 aromatic rings. The van der Waals surface area contributed by atoms with Gasteiger partial charge in [-0.15, -0.1) is 10.2 Å². The minimum atomic E-state index is -3.26. The monoisotopic (exact) mass is 500 g/mol. The van der Waals surface area contributed by atoms with Gasteiger partial charge in [-0.05, 0) is 66.6 Å². The van der Waals surface area contributed by atoms with E-state index in [-0.39, 0.29) is 0 Å². The number of benzene rings is 1. The van der Waals surface area contributed by atoms with E-state index < -0.39 is 18.2 Å². The van der Waals surface area contributed by atoms with Gasteiger partial charge < -0.3 is 10.1 Å². The van der Waals surface area contributed by atoms with Crippen molar-refractivity contribution in [2.45, 2.75) is 26.2 Å². The quantitative estimate of drug-likeness (QED) is 0.285. The Hall–Kier alpha value is -4.80. The number of hydrogen-bond acceptors (Lipinski definition) is 8.